The average molecular weight is 400 g/mol. The first-order valence-electron chi connectivity index (χ1n) is 10.9. The molecule has 158 valence electrons. The van der Waals surface area contributed by atoms with Gasteiger partial charge in [-0.1, -0.05) is 24.6 Å². The maximum Gasteiger partial charge on any atom is 0.220 e. The highest BCUT2D eigenvalue weighted by Gasteiger charge is 2.54. The van der Waals surface area contributed by atoms with E-state index in [4.69, 9.17) is 4.74 Å². The molecular weight excluding hydrogens is 366 g/mol. The number of carbonyl (C=O) groups excluding carboxylic acids is 2. The predicted molar refractivity (Wildman–Crippen MR) is 112 cm³/mol. The summed E-state index contributed by atoms with van der Waals surface area (Å²) in [5.74, 6) is 0.897. The Morgan fingerprint density at radius 1 is 1.28 bits per heavy atom. The van der Waals surface area contributed by atoms with Gasteiger partial charge < -0.3 is 19.9 Å². The fourth-order valence-corrected chi connectivity index (χ4v) is 4.97. The van der Waals surface area contributed by atoms with E-state index in [1.54, 1.807) is 0 Å². The Kier molecular flexibility index (Phi) is 5.67. The number of ether oxygens (including phenoxy) is 1. The van der Waals surface area contributed by atoms with E-state index in [9.17, 15) is 9.59 Å². The van der Waals surface area contributed by atoms with Crippen LogP contribution in [0.3, 0.4) is 0 Å². The van der Waals surface area contributed by atoms with Crippen molar-refractivity contribution >= 4 is 11.7 Å². The Labute approximate surface area is 173 Å². The van der Waals surface area contributed by atoms with Crippen LogP contribution >= 0.6 is 0 Å². The maximum absolute atomic E-state index is 12.7. The van der Waals surface area contributed by atoms with Gasteiger partial charge in [0.1, 0.15) is 17.9 Å². The monoisotopic (exact) mass is 399 g/mol. The number of piperazine rings is 1. The number of rotatable bonds is 5. The van der Waals surface area contributed by atoms with Gasteiger partial charge in [-0.15, -0.1) is 0 Å². The van der Waals surface area contributed by atoms with Crippen molar-refractivity contribution in [1.82, 2.24) is 15.1 Å². The maximum atomic E-state index is 12.7. The third kappa shape index (κ3) is 4.05. The highest BCUT2D eigenvalue weighted by atomic mass is 16.5. The van der Waals surface area contributed by atoms with E-state index in [1.807, 2.05) is 12.1 Å². The van der Waals surface area contributed by atoms with Crippen molar-refractivity contribution in [3.8, 4) is 5.75 Å². The van der Waals surface area contributed by atoms with Gasteiger partial charge in [0.05, 0.1) is 0 Å². The van der Waals surface area contributed by atoms with Crippen LogP contribution in [0.1, 0.15) is 43.7 Å². The van der Waals surface area contributed by atoms with Crippen LogP contribution in [0.4, 0.5) is 0 Å². The van der Waals surface area contributed by atoms with Gasteiger partial charge in [-0.25, -0.2) is 0 Å². The molecule has 29 heavy (non-hydrogen) atoms. The quantitative estimate of drug-likeness (QED) is 0.819. The van der Waals surface area contributed by atoms with Crippen molar-refractivity contribution in [2.75, 3.05) is 39.8 Å². The molecule has 1 aromatic rings. The number of Topliss-reactive ketones (excluding diaryl/α,β-unsaturated/α-hetero) is 1. The Morgan fingerprint density at radius 3 is 2.79 bits per heavy atom. The van der Waals surface area contributed by atoms with Gasteiger partial charge in [0.2, 0.25) is 5.91 Å². The number of carbonyl (C=O) groups is 2. The molecule has 1 N–H and O–H groups in total. The topological polar surface area (TPSA) is 61.9 Å². The Hall–Kier alpha value is -1.92. The van der Waals surface area contributed by atoms with Crippen LogP contribution in [0.2, 0.25) is 0 Å². The number of hydrogen-bond acceptors (Lipinski definition) is 5. The zero-order chi connectivity index (χ0) is 20.6. The summed E-state index contributed by atoms with van der Waals surface area (Å²) in [6, 6.07) is 5.64. The lowest BCUT2D eigenvalue weighted by molar-refractivity contribution is -0.133. The first-order chi connectivity index (χ1) is 13.9. The number of fused-ring (bicyclic) bond motifs is 3. The zero-order valence-corrected chi connectivity index (χ0v) is 17.9. The number of amides is 1. The van der Waals surface area contributed by atoms with Crippen molar-refractivity contribution in [3.63, 3.8) is 0 Å². The summed E-state index contributed by atoms with van der Waals surface area (Å²) >= 11 is 0. The minimum absolute atomic E-state index is 0.0440. The van der Waals surface area contributed by atoms with Crippen molar-refractivity contribution < 1.29 is 14.3 Å². The third-order valence-corrected chi connectivity index (χ3v) is 6.96. The molecule has 4 rings (SSSR count). The van der Waals surface area contributed by atoms with Crippen molar-refractivity contribution in [3.05, 3.63) is 29.3 Å². The number of likely N-dealkylation sites (N-methyl/N-ethyl adjacent to an activating group) is 1. The third-order valence-electron chi connectivity index (χ3n) is 6.96. The van der Waals surface area contributed by atoms with E-state index < -0.39 is 6.04 Å². The molecule has 2 heterocycles. The smallest absolute Gasteiger partial charge is 0.220 e. The summed E-state index contributed by atoms with van der Waals surface area (Å²) in [5.41, 5.74) is 2.13. The van der Waals surface area contributed by atoms with Gasteiger partial charge in [-0.05, 0) is 39.4 Å². The van der Waals surface area contributed by atoms with Gasteiger partial charge in [0.25, 0.3) is 0 Å². The Balaban J connectivity index is 1.35. The standard InChI is InChI=1S/C23H33N3O3/c1-16-6-7-19-17(15-16)23(2)9-8-18(27)21(22(23)29-19)24-20(28)5-4-10-26-13-11-25(3)12-14-26/h6-7,15,21-22H,4-5,8-14H2,1-3H3,(H,24,28)/t21-,22-,23-/m0/s1. The lowest BCUT2D eigenvalue weighted by Crippen LogP contribution is -2.59. The number of nitrogens with one attached hydrogen (secondary N) is 1. The highest BCUT2D eigenvalue weighted by molar-refractivity contribution is 5.91. The van der Waals surface area contributed by atoms with E-state index in [2.05, 4.69) is 42.1 Å². The summed E-state index contributed by atoms with van der Waals surface area (Å²) < 4.78 is 6.21. The second kappa shape index (κ2) is 8.07. The summed E-state index contributed by atoms with van der Waals surface area (Å²) in [5, 5.41) is 3.02. The number of nitrogens with zero attached hydrogens (tertiary/aromatic N) is 2. The lowest BCUT2D eigenvalue weighted by Gasteiger charge is -2.39. The van der Waals surface area contributed by atoms with Crippen molar-refractivity contribution in [2.24, 2.45) is 0 Å². The van der Waals surface area contributed by atoms with Gasteiger partial charge >= 0.3 is 0 Å². The Bertz CT molecular complexity index is 788. The molecule has 1 aromatic carbocycles. The summed E-state index contributed by atoms with van der Waals surface area (Å²) in [4.78, 5) is 30.0. The van der Waals surface area contributed by atoms with Crippen LogP contribution in [0, 0.1) is 6.92 Å². The van der Waals surface area contributed by atoms with Crippen LogP contribution in [0.5, 0.6) is 5.75 Å². The molecule has 6 nitrogen and oxygen atoms in total. The lowest BCUT2D eigenvalue weighted by atomic mass is 9.67. The van der Waals surface area contributed by atoms with E-state index in [0.29, 0.717) is 12.8 Å². The van der Waals surface area contributed by atoms with Crippen molar-refractivity contribution in [2.45, 2.75) is 57.1 Å². The fourth-order valence-electron chi connectivity index (χ4n) is 4.97. The predicted octanol–water partition coefficient (Wildman–Crippen LogP) is 1.89. The molecular formula is C23H33N3O3. The van der Waals surface area contributed by atoms with Gasteiger partial charge in [0, 0.05) is 50.0 Å². The number of hydrogen-bond donors (Lipinski definition) is 1. The molecule has 1 aliphatic carbocycles. The van der Waals surface area contributed by atoms with Crippen molar-refractivity contribution in [1.29, 1.82) is 0 Å². The van der Waals surface area contributed by atoms with E-state index in [0.717, 1.165) is 51.3 Å². The fraction of sp³-hybridized carbons (Fsp3) is 0.652. The van der Waals surface area contributed by atoms with Crippen LogP contribution in [-0.2, 0) is 15.0 Å². The molecule has 3 atom stereocenters. The molecule has 0 radical (unpaired) electrons. The Morgan fingerprint density at radius 2 is 2.03 bits per heavy atom. The second-order valence-corrected chi connectivity index (χ2v) is 9.22. The van der Waals surface area contributed by atoms with Crippen LogP contribution < -0.4 is 10.1 Å². The molecule has 2 fully saturated rings. The molecule has 1 amide bonds. The molecule has 0 spiro atoms. The molecule has 6 heteroatoms. The zero-order valence-electron chi connectivity index (χ0n) is 17.9. The largest absolute Gasteiger partial charge is 0.487 e. The molecule has 3 aliphatic rings. The number of ketones is 1. The van der Waals surface area contributed by atoms with Gasteiger partial charge in [-0.2, -0.15) is 0 Å². The van der Waals surface area contributed by atoms with E-state index in [-0.39, 0.29) is 23.2 Å². The normalized spacial score (nSPS) is 29.8. The van der Waals surface area contributed by atoms with Crippen LogP contribution in [0.25, 0.3) is 0 Å². The summed E-state index contributed by atoms with van der Waals surface area (Å²) in [6.45, 7) is 9.46. The molecule has 1 saturated heterocycles. The second-order valence-electron chi connectivity index (χ2n) is 9.22. The van der Waals surface area contributed by atoms with E-state index >= 15 is 0 Å². The molecule has 2 aliphatic heterocycles. The SMILES string of the molecule is Cc1ccc2c(c1)[C@]1(C)CCC(=O)[C@H](NC(=O)CCCN3CCN(C)CC3)[C@@H]1O2. The summed E-state index contributed by atoms with van der Waals surface area (Å²) in [7, 11) is 2.14. The van der Waals surface area contributed by atoms with Gasteiger partial charge in [0.15, 0.2) is 5.78 Å². The minimum atomic E-state index is -0.558. The van der Waals surface area contributed by atoms with Crippen LogP contribution in [-0.4, -0.2) is 73.4 Å². The number of aryl methyl sites for hydroxylation is 1. The molecule has 0 unspecified atom stereocenters. The molecule has 0 bridgehead atoms. The summed E-state index contributed by atoms with van der Waals surface area (Å²) in [6.07, 6.45) is 2.20. The average Bonchev–Trinajstić information content (AvgIpc) is 2.99. The van der Waals surface area contributed by atoms with E-state index in [1.165, 1.54) is 11.1 Å². The minimum Gasteiger partial charge on any atom is -0.487 e. The highest BCUT2D eigenvalue weighted by Crippen LogP contribution is 2.49. The van der Waals surface area contributed by atoms with Gasteiger partial charge in [-0.3, -0.25) is 9.59 Å². The molecule has 1 saturated carbocycles. The number of benzene rings is 1. The van der Waals surface area contributed by atoms with Crippen LogP contribution in [0.15, 0.2) is 18.2 Å². The first-order valence-corrected chi connectivity index (χ1v) is 10.9. The molecule has 0 aromatic heterocycles. The first kappa shape index (κ1) is 20.4.